The van der Waals surface area contributed by atoms with Crippen LogP contribution in [0.2, 0.25) is 0 Å². The number of hydrogen-bond donors (Lipinski definition) is 0. The summed E-state index contributed by atoms with van der Waals surface area (Å²) in [4.78, 5) is 0. The van der Waals surface area contributed by atoms with Crippen LogP contribution in [0.25, 0.3) is 0 Å². The highest BCUT2D eigenvalue weighted by Gasteiger charge is 2.30. The molecule has 2 heteroatoms. The quantitative estimate of drug-likeness (QED) is 0.637. The predicted octanol–water partition coefficient (Wildman–Crippen LogP) is 4.25. The maximum absolute atomic E-state index is 5.47. The minimum absolute atomic E-state index is 0.496. The molecular weight excluding hydrogens is 188 g/mol. The van der Waals surface area contributed by atoms with Crippen LogP contribution in [0.3, 0.4) is 0 Å². The summed E-state index contributed by atoms with van der Waals surface area (Å²) in [5, 5.41) is 0. The first-order valence-electron chi connectivity index (χ1n) is 5.64. The van der Waals surface area contributed by atoms with E-state index >= 15 is 0 Å². The molecule has 0 spiro atoms. The van der Waals surface area contributed by atoms with Gasteiger partial charge in [0.15, 0.2) is 11.5 Å². The molecule has 0 bridgehead atoms. The first-order chi connectivity index (χ1) is 7.17. The molecule has 1 aliphatic rings. The Morgan fingerprint density at radius 1 is 0.800 bits per heavy atom. The monoisotopic (exact) mass is 210 g/mol. The SMILES string of the molecule is CC.CC.CC1(C)Oc2ccccc2O1. The van der Waals surface area contributed by atoms with E-state index in [1.807, 2.05) is 65.8 Å². The van der Waals surface area contributed by atoms with Crippen LogP contribution in [0.5, 0.6) is 11.5 Å². The molecule has 0 radical (unpaired) electrons. The molecule has 1 aliphatic heterocycles. The molecule has 1 aromatic carbocycles. The number of para-hydroxylation sites is 2. The molecule has 2 nitrogen and oxygen atoms in total. The van der Waals surface area contributed by atoms with Crippen LogP contribution in [0.1, 0.15) is 41.5 Å². The van der Waals surface area contributed by atoms with Crippen molar-refractivity contribution in [3.63, 3.8) is 0 Å². The van der Waals surface area contributed by atoms with Crippen LogP contribution in [0.4, 0.5) is 0 Å². The van der Waals surface area contributed by atoms with Crippen molar-refractivity contribution in [2.75, 3.05) is 0 Å². The van der Waals surface area contributed by atoms with Gasteiger partial charge in [0.05, 0.1) is 0 Å². The molecule has 15 heavy (non-hydrogen) atoms. The number of rotatable bonds is 0. The van der Waals surface area contributed by atoms with Gasteiger partial charge >= 0.3 is 0 Å². The standard InChI is InChI=1S/C9H10O2.2C2H6/c1-9(2)10-7-5-3-4-6-8(7)11-9;2*1-2/h3-6H,1-2H3;2*1-2H3. The minimum Gasteiger partial charge on any atom is -0.449 e. The van der Waals surface area contributed by atoms with Crippen molar-refractivity contribution in [1.82, 2.24) is 0 Å². The lowest BCUT2D eigenvalue weighted by atomic mass is 10.3. The Balaban J connectivity index is 0.000000442. The van der Waals surface area contributed by atoms with Gasteiger partial charge in [0.2, 0.25) is 5.79 Å². The predicted molar refractivity (Wildman–Crippen MR) is 64.5 cm³/mol. The fourth-order valence-corrected chi connectivity index (χ4v) is 1.17. The summed E-state index contributed by atoms with van der Waals surface area (Å²) in [5.41, 5.74) is 0. The zero-order chi connectivity index (χ0) is 11.9. The smallest absolute Gasteiger partial charge is 0.246 e. The van der Waals surface area contributed by atoms with Gasteiger partial charge in [-0.15, -0.1) is 0 Å². The maximum Gasteiger partial charge on any atom is 0.246 e. The minimum atomic E-state index is -0.496. The van der Waals surface area contributed by atoms with E-state index in [-0.39, 0.29) is 0 Å². The van der Waals surface area contributed by atoms with E-state index in [9.17, 15) is 0 Å². The summed E-state index contributed by atoms with van der Waals surface area (Å²) in [6.45, 7) is 11.8. The molecule has 0 saturated heterocycles. The van der Waals surface area contributed by atoms with E-state index in [4.69, 9.17) is 9.47 Å². The second-order valence-corrected chi connectivity index (χ2v) is 3.05. The Hall–Kier alpha value is -1.18. The molecule has 0 N–H and O–H groups in total. The summed E-state index contributed by atoms with van der Waals surface area (Å²) in [5.74, 6) is 1.17. The lowest BCUT2D eigenvalue weighted by Gasteiger charge is -2.16. The zero-order valence-corrected chi connectivity index (χ0v) is 10.6. The van der Waals surface area contributed by atoms with Crippen LogP contribution in [-0.4, -0.2) is 5.79 Å². The van der Waals surface area contributed by atoms with Crippen molar-refractivity contribution in [3.05, 3.63) is 24.3 Å². The van der Waals surface area contributed by atoms with Gasteiger partial charge in [-0.2, -0.15) is 0 Å². The zero-order valence-electron chi connectivity index (χ0n) is 10.6. The van der Waals surface area contributed by atoms with Crippen molar-refractivity contribution >= 4 is 0 Å². The van der Waals surface area contributed by atoms with Gasteiger partial charge in [-0.3, -0.25) is 0 Å². The van der Waals surface area contributed by atoms with Gasteiger partial charge < -0.3 is 9.47 Å². The molecule has 0 saturated carbocycles. The summed E-state index contributed by atoms with van der Waals surface area (Å²) in [7, 11) is 0. The number of benzene rings is 1. The molecule has 0 atom stereocenters. The van der Waals surface area contributed by atoms with E-state index in [2.05, 4.69) is 0 Å². The first kappa shape index (κ1) is 13.8. The van der Waals surface area contributed by atoms with Crippen molar-refractivity contribution in [1.29, 1.82) is 0 Å². The van der Waals surface area contributed by atoms with Gasteiger partial charge in [0.1, 0.15) is 0 Å². The van der Waals surface area contributed by atoms with E-state index in [0.717, 1.165) is 11.5 Å². The summed E-state index contributed by atoms with van der Waals surface area (Å²) >= 11 is 0. The number of hydrogen-bond acceptors (Lipinski definition) is 2. The summed E-state index contributed by atoms with van der Waals surface area (Å²) < 4.78 is 10.9. The average Bonchev–Trinajstić information content (AvgIpc) is 2.57. The Morgan fingerprint density at radius 3 is 1.47 bits per heavy atom. The number of fused-ring (bicyclic) bond motifs is 1. The molecule has 2 rings (SSSR count). The van der Waals surface area contributed by atoms with Crippen LogP contribution in [0.15, 0.2) is 24.3 Å². The molecule has 1 heterocycles. The van der Waals surface area contributed by atoms with Crippen LogP contribution < -0.4 is 9.47 Å². The normalized spacial score (nSPS) is 14.3. The summed E-state index contributed by atoms with van der Waals surface area (Å²) in [6, 6.07) is 7.68. The average molecular weight is 210 g/mol. The van der Waals surface area contributed by atoms with E-state index in [1.54, 1.807) is 0 Å². The lowest BCUT2D eigenvalue weighted by molar-refractivity contribution is -0.0431. The Labute approximate surface area is 93.2 Å². The van der Waals surface area contributed by atoms with Gasteiger partial charge in [-0.1, -0.05) is 39.8 Å². The van der Waals surface area contributed by atoms with Crippen LogP contribution in [0, 0.1) is 0 Å². The molecule has 0 fully saturated rings. The fourth-order valence-electron chi connectivity index (χ4n) is 1.17. The van der Waals surface area contributed by atoms with Gasteiger partial charge in [-0.05, 0) is 12.1 Å². The van der Waals surface area contributed by atoms with Gasteiger partial charge in [-0.25, -0.2) is 0 Å². The molecule has 0 unspecified atom stereocenters. The largest absolute Gasteiger partial charge is 0.449 e. The Kier molecular flexibility index (Phi) is 5.83. The molecular formula is C13H22O2. The molecule has 1 aromatic rings. The maximum atomic E-state index is 5.47. The van der Waals surface area contributed by atoms with Gasteiger partial charge in [0, 0.05) is 13.8 Å². The van der Waals surface area contributed by atoms with E-state index in [1.165, 1.54) is 0 Å². The topological polar surface area (TPSA) is 18.5 Å². The third-order valence-electron chi connectivity index (χ3n) is 1.56. The molecule has 86 valence electrons. The third kappa shape index (κ3) is 3.82. The van der Waals surface area contributed by atoms with Crippen molar-refractivity contribution in [2.45, 2.75) is 47.3 Å². The molecule has 0 aliphatic carbocycles. The highest BCUT2D eigenvalue weighted by molar-refractivity contribution is 5.42. The van der Waals surface area contributed by atoms with Crippen molar-refractivity contribution in [2.24, 2.45) is 0 Å². The highest BCUT2D eigenvalue weighted by atomic mass is 16.7. The van der Waals surface area contributed by atoms with Crippen LogP contribution in [-0.2, 0) is 0 Å². The second kappa shape index (κ2) is 6.33. The Bertz CT molecular complexity index is 253. The van der Waals surface area contributed by atoms with Crippen molar-refractivity contribution in [3.8, 4) is 11.5 Å². The molecule has 0 amide bonds. The first-order valence-corrected chi connectivity index (χ1v) is 5.64. The third-order valence-corrected chi connectivity index (χ3v) is 1.56. The van der Waals surface area contributed by atoms with Gasteiger partial charge in [0.25, 0.3) is 0 Å². The van der Waals surface area contributed by atoms with E-state index in [0.29, 0.717) is 0 Å². The highest BCUT2D eigenvalue weighted by Crippen LogP contribution is 2.38. The number of ether oxygens (including phenoxy) is 2. The van der Waals surface area contributed by atoms with E-state index < -0.39 is 5.79 Å². The molecule has 0 aromatic heterocycles. The summed E-state index contributed by atoms with van der Waals surface area (Å²) in [6.07, 6.45) is 0. The Morgan fingerprint density at radius 2 is 1.13 bits per heavy atom. The second-order valence-electron chi connectivity index (χ2n) is 3.05. The van der Waals surface area contributed by atoms with Crippen LogP contribution >= 0.6 is 0 Å². The fraction of sp³-hybridized carbons (Fsp3) is 0.538. The van der Waals surface area contributed by atoms with Crippen molar-refractivity contribution < 1.29 is 9.47 Å². The lowest BCUT2D eigenvalue weighted by Crippen LogP contribution is -2.29.